The van der Waals surface area contributed by atoms with Crippen molar-refractivity contribution in [3.8, 4) is 0 Å². The summed E-state index contributed by atoms with van der Waals surface area (Å²) in [5.41, 5.74) is 7.43. The maximum absolute atomic E-state index is 5.86. The van der Waals surface area contributed by atoms with E-state index in [0.29, 0.717) is 16.6 Å². The summed E-state index contributed by atoms with van der Waals surface area (Å²) in [6, 6.07) is 3.65. The largest absolute Gasteiger partial charge is 0.384 e. The lowest BCUT2D eigenvalue weighted by Crippen LogP contribution is -2.13. The predicted molar refractivity (Wildman–Crippen MR) is 58.7 cm³/mol. The van der Waals surface area contributed by atoms with Crippen LogP contribution in [0.5, 0.6) is 0 Å². The molecule has 0 heterocycles. The SMILES string of the molecule is Cc1cc(Cl)c(Cl)cc1NCCN. The second-order valence-corrected chi connectivity index (χ2v) is 3.61. The summed E-state index contributed by atoms with van der Waals surface area (Å²) in [4.78, 5) is 0. The number of rotatable bonds is 3. The minimum Gasteiger partial charge on any atom is -0.384 e. The van der Waals surface area contributed by atoms with Gasteiger partial charge in [-0.1, -0.05) is 23.2 Å². The van der Waals surface area contributed by atoms with E-state index in [2.05, 4.69) is 5.32 Å². The Morgan fingerprint density at radius 1 is 1.31 bits per heavy atom. The zero-order valence-corrected chi connectivity index (χ0v) is 8.91. The third kappa shape index (κ3) is 2.76. The van der Waals surface area contributed by atoms with Gasteiger partial charge in [0.1, 0.15) is 0 Å². The van der Waals surface area contributed by atoms with Crippen molar-refractivity contribution in [2.75, 3.05) is 18.4 Å². The monoisotopic (exact) mass is 218 g/mol. The van der Waals surface area contributed by atoms with Crippen molar-refractivity contribution in [3.05, 3.63) is 27.7 Å². The zero-order valence-electron chi connectivity index (χ0n) is 7.40. The highest BCUT2D eigenvalue weighted by Crippen LogP contribution is 2.28. The molecule has 0 saturated carbocycles. The maximum atomic E-state index is 5.86. The molecule has 0 aromatic heterocycles. The molecular formula is C9H12Cl2N2. The van der Waals surface area contributed by atoms with Crippen molar-refractivity contribution >= 4 is 28.9 Å². The number of hydrogen-bond acceptors (Lipinski definition) is 2. The topological polar surface area (TPSA) is 38.0 Å². The second-order valence-electron chi connectivity index (χ2n) is 2.80. The second kappa shape index (κ2) is 4.70. The minimum absolute atomic E-state index is 0.562. The average molecular weight is 219 g/mol. The number of nitrogens with two attached hydrogens (primary N) is 1. The molecule has 4 heteroatoms. The van der Waals surface area contributed by atoms with Crippen LogP contribution in [-0.4, -0.2) is 13.1 Å². The standard InChI is InChI=1S/C9H12Cl2N2/c1-6-4-7(10)8(11)5-9(6)13-3-2-12/h4-5,13H,2-3,12H2,1H3. The van der Waals surface area contributed by atoms with E-state index in [4.69, 9.17) is 28.9 Å². The van der Waals surface area contributed by atoms with E-state index >= 15 is 0 Å². The lowest BCUT2D eigenvalue weighted by molar-refractivity contribution is 1.02. The number of nitrogens with one attached hydrogen (secondary N) is 1. The smallest absolute Gasteiger partial charge is 0.0613 e. The van der Waals surface area contributed by atoms with Crippen LogP contribution in [0.2, 0.25) is 10.0 Å². The quantitative estimate of drug-likeness (QED) is 0.820. The number of benzene rings is 1. The first-order chi connectivity index (χ1) is 6.15. The Labute approximate surface area is 88.0 Å². The molecule has 0 fully saturated rings. The maximum Gasteiger partial charge on any atom is 0.0613 e. The van der Waals surface area contributed by atoms with Crippen LogP contribution in [0.25, 0.3) is 0 Å². The Kier molecular flexibility index (Phi) is 3.85. The van der Waals surface area contributed by atoms with E-state index in [1.807, 2.05) is 19.1 Å². The lowest BCUT2D eigenvalue weighted by atomic mass is 10.2. The molecule has 0 bridgehead atoms. The van der Waals surface area contributed by atoms with Gasteiger partial charge in [0, 0.05) is 18.8 Å². The summed E-state index contributed by atoms with van der Waals surface area (Å²) in [6.45, 7) is 3.31. The Morgan fingerprint density at radius 2 is 1.92 bits per heavy atom. The highest BCUT2D eigenvalue weighted by molar-refractivity contribution is 6.42. The first-order valence-electron chi connectivity index (χ1n) is 4.04. The molecule has 0 unspecified atom stereocenters. The van der Waals surface area contributed by atoms with Crippen molar-refractivity contribution in [2.24, 2.45) is 5.73 Å². The zero-order chi connectivity index (χ0) is 9.84. The minimum atomic E-state index is 0.562. The van der Waals surface area contributed by atoms with Gasteiger partial charge in [-0.15, -0.1) is 0 Å². The van der Waals surface area contributed by atoms with Gasteiger partial charge in [0.05, 0.1) is 10.0 Å². The summed E-state index contributed by atoms with van der Waals surface area (Å²) in [7, 11) is 0. The Bertz CT molecular complexity index is 300. The summed E-state index contributed by atoms with van der Waals surface area (Å²) in [5, 5.41) is 4.31. The van der Waals surface area contributed by atoms with Gasteiger partial charge in [-0.05, 0) is 24.6 Å². The molecule has 0 aliphatic rings. The van der Waals surface area contributed by atoms with Crippen LogP contribution in [0, 0.1) is 6.92 Å². The third-order valence-electron chi connectivity index (χ3n) is 1.73. The molecule has 0 radical (unpaired) electrons. The average Bonchev–Trinajstić information content (AvgIpc) is 2.09. The molecule has 1 aromatic carbocycles. The Balaban J connectivity index is 2.88. The Hall–Kier alpha value is -0.440. The van der Waals surface area contributed by atoms with Gasteiger partial charge in [0.15, 0.2) is 0 Å². The van der Waals surface area contributed by atoms with Gasteiger partial charge in [-0.25, -0.2) is 0 Å². The van der Waals surface area contributed by atoms with E-state index in [1.54, 1.807) is 0 Å². The summed E-state index contributed by atoms with van der Waals surface area (Å²) in [5.74, 6) is 0. The highest BCUT2D eigenvalue weighted by atomic mass is 35.5. The number of hydrogen-bond donors (Lipinski definition) is 2. The summed E-state index contributed by atoms with van der Waals surface area (Å²) >= 11 is 11.7. The Morgan fingerprint density at radius 3 is 2.54 bits per heavy atom. The van der Waals surface area contributed by atoms with Crippen LogP contribution in [0.1, 0.15) is 5.56 Å². The van der Waals surface area contributed by atoms with Crippen LogP contribution < -0.4 is 11.1 Å². The molecule has 0 atom stereocenters. The van der Waals surface area contributed by atoms with Gasteiger partial charge in [-0.3, -0.25) is 0 Å². The number of anilines is 1. The van der Waals surface area contributed by atoms with Crippen molar-refractivity contribution in [1.29, 1.82) is 0 Å². The van der Waals surface area contributed by atoms with E-state index in [9.17, 15) is 0 Å². The van der Waals surface area contributed by atoms with Crippen LogP contribution in [-0.2, 0) is 0 Å². The van der Waals surface area contributed by atoms with Crippen LogP contribution in [0.3, 0.4) is 0 Å². The molecule has 0 spiro atoms. The number of aryl methyl sites for hydroxylation is 1. The van der Waals surface area contributed by atoms with E-state index < -0.39 is 0 Å². The molecule has 1 aromatic rings. The van der Waals surface area contributed by atoms with Crippen LogP contribution >= 0.6 is 23.2 Å². The lowest BCUT2D eigenvalue weighted by Gasteiger charge is -2.09. The molecule has 0 aliphatic heterocycles. The number of halogens is 2. The summed E-state index contributed by atoms with van der Waals surface area (Å²) in [6.07, 6.45) is 0. The fourth-order valence-corrected chi connectivity index (χ4v) is 1.43. The molecule has 0 saturated heterocycles. The van der Waals surface area contributed by atoms with Gasteiger partial charge in [-0.2, -0.15) is 0 Å². The van der Waals surface area contributed by atoms with Crippen molar-refractivity contribution in [2.45, 2.75) is 6.92 Å². The molecule has 72 valence electrons. The molecule has 0 aliphatic carbocycles. The molecule has 13 heavy (non-hydrogen) atoms. The van der Waals surface area contributed by atoms with Crippen molar-refractivity contribution in [3.63, 3.8) is 0 Å². The first kappa shape index (κ1) is 10.6. The van der Waals surface area contributed by atoms with Crippen LogP contribution in [0.15, 0.2) is 12.1 Å². The van der Waals surface area contributed by atoms with E-state index in [1.165, 1.54) is 0 Å². The fraction of sp³-hybridized carbons (Fsp3) is 0.333. The molecular weight excluding hydrogens is 207 g/mol. The van der Waals surface area contributed by atoms with Gasteiger partial charge in [0.2, 0.25) is 0 Å². The molecule has 2 nitrogen and oxygen atoms in total. The van der Waals surface area contributed by atoms with Crippen molar-refractivity contribution < 1.29 is 0 Å². The predicted octanol–water partition coefficient (Wildman–Crippen LogP) is 2.67. The van der Waals surface area contributed by atoms with E-state index in [-0.39, 0.29) is 0 Å². The van der Waals surface area contributed by atoms with E-state index in [0.717, 1.165) is 17.8 Å². The third-order valence-corrected chi connectivity index (χ3v) is 2.45. The molecule has 0 amide bonds. The highest BCUT2D eigenvalue weighted by Gasteiger charge is 2.02. The molecule has 3 N–H and O–H groups in total. The summed E-state index contributed by atoms with van der Waals surface area (Å²) < 4.78 is 0. The normalized spacial score (nSPS) is 10.2. The van der Waals surface area contributed by atoms with Gasteiger partial charge >= 0.3 is 0 Å². The first-order valence-corrected chi connectivity index (χ1v) is 4.80. The fourth-order valence-electron chi connectivity index (χ4n) is 1.04. The van der Waals surface area contributed by atoms with Crippen molar-refractivity contribution in [1.82, 2.24) is 0 Å². The molecule has 1 rings (SSSR count). The van der Waals surface area contributed by atoms with Gasteiger partial charge in [0.25, 0.3) is 0 Å². The van der Waals surface area contributed by atoms with Crippen LogP contribution in [0.4, 0.5) is 5.69 Å². The van der Waals surface area contributed by atoms with Gasteiger partial charge < -0.3 is 11.1 Å².